The number of halogens is 2. The summed E-state index contributed by atoms with van der Waals surface area (Å²) in [5, 5.41) is 14.4. The average molecular weight is 897 g/mol. The quantitative estimate of drug-likeness (QED) is 0.0635. The minimum Gasteiger partial charge on any atom is -0.411 e. The Kier molecular flexibility index (Phi) is 16.0. The smallest absolute Gasteiger partial charge is 0.225 e. The maximum Gasteiger partial charge on any atom is 0.225 e. The van der Waals surface area contributed by atoms with Crippen LogP contribution < -0.4 is 11.5 Å². The van der Waals surface area contributed by atoms with E-state index in [4.69, 9.17) is 34.7 Å². The van der Waals surface area contributed by atoms with E-state index in [0.29, 0.717) is 59.1 Å². The molecule has 63 heavy (non-hydrogen) atoms. The molecule has 5 N–H and O–H groups in total. The summed E-state index contributed by atoms with van der Waals surface area (Å²) in [5.41, 5.74) is 16.1. The number of ketones is 1. The number of nitrogen functional groups attached to an aromatic ring is 2. The van der Waals surface area contributed by atoms with Crippen LogP contribution in [0.25, 0.3) is 0 Å². The number of piperidine rings is 4. The van der Waals surface area contributed by atoms with E-state index >= 15 is 0 Å². The standard InChI is InChI=1S/C24H30ClN5O2.C24H29ClN4O2/c25-21-3-1-18(2-4-21)23(28-32)19-8-13-30(14-9-19)24(31)20-6-11-29(12-7-20)16-17-5-10-27-22(26)15-17;25-21-3-1-18(2-4-21)23(30)19-8-13-29(14-9-19)24(31)20-6-11-28(12-7-20)16-17-5-10-27-22(26)15-17/h1-5,10,15,19-20,32H,6-9,11-14,16H2,(H2,26,27);1-5,10,15,19-20H,6-9,11-14,16H2,(H2,26,27). The number of anilines is 2. The molecule has 2 aromatic heterocycles. The van der Waals surface area contributed by atoms with Gasteiger partial charge in [0.2, 0.25) is 11.8 Å². The number of likely N-dealkylation sites (tertiary alicyclic amines) is 4. The van der Waals surface area contributed by atoms with Crippen LogP contribution in [0.15, 0.2) is 90.3 Å². The van der Waals surface area contributed by atoms with Gasteiger partial charge in [-0.3, -0.25) is 24.2 Å². The Bertz CT molecular complexity index is 2180. The summed E-state index contributed by atoms with van der Waals surface area (Å²) in [6.07, 6.45) is 10.1. The first kappa shape index (κ1) is 45.9. The fourth-order valence-electron chi connectivity index (χ4n) is 9.48. The number of aromatic nitrogens is 2. The molecular formula is C48H59Cl2N9O4. The molecule has 0 unspecified atom stereocenters. The minimum absolute atomic E-state index is 0.0140. The highest BCUT2D eigenvalue weighted by Crippen LogP contribution is 2.29. The molecule has 0 atom stereocenters. The predicted molar refractivity (Wildman–Crippen MR) is 247 cm³/mol. The van der Waals surface area contributed by atoms with Crippen molar-refractivity contribution in [3.05, 3.63) is 117 Å². The first-order valence-corrected chi connectivity index (χ1v) is 23.0. The highest BCUT2D eigenvalue weighted by Gasteiger charge is 2.34. The van der Waals surface area contributed by atoms with Gasteiger partial charge in [-0.25, -0.2) is 9.97 Å². The fraction of sp³-hybridized carbons (Fsp3) is 0.458. The molecular weight excluding hydrogens is 837 g/mol. The van der Waals surface area contributed by atoms with E-state index in [1.807, 2.05) is 46.2 Å². The summed E-state index contributed by atoms with van der Waals surface area (Å²) in [7, 11) is 0. The summed E-state index contributed by atoms with van der Waals surface area (Å²) in [6, 6.07) is 22.2. The van der Waals surface area contributed by atoms with E-state index in [-0.39, 0.29) is 41.3 Å². The number of hydrogen-bond donors (Lipinski definition) is 3. The van der Waals surface area contributed by atoms with Gasteiger partial charge in [-0.05, 0) is 155 Å². The lowest BCUT2D eigenvalue weighted by atomic mass is 9.87. The molecule has 0 radical (unpaired) electrons. The Morgan fingerprint density at radius 3 is 1.33 bits per heavy atom. The topological polar surface area (TPSA) is 175 Å². The van der Waals surface area contributed by atoms with E-state index in [9.17, 15) is 19.6 Å². The molecule has 0 spiro atoms. The number of rotatable bonds is 10. The molecule has 0 saturated carbocycles. The molecule has 0 aliphatic carbocycles. The lowest BCUT2D eigenvalue weighted by Crippen LogP contribution is -2.46. The second-order valence-electron chi connectivity index (χ2n) is 17.3. The van der Waals surface area contributed by atoms with Crippen LogP contribution >= 0.6 is 23.2 Å². The summed E-state index contributed by atoms with van der Waals surface area (Å²) in [4.78, 5) is 55.7. The first-order chi connectivity index (χ1) is 30.5. The van der Waals surface area contributed by atoms with Gasteiger partial charge in [-0.15, -0.1) is 0 Å². The van der Waals surface area contributed by atoms with Crippen molar-refractivity contribution < 1.29 is 19.6 Å². The normalized spacial score (nSPS) is 19.0. The lowest BCUT2D eigenvalue weighted by Gasteiger charge is -2.37. The van der Waals surface area contributed by atoms with Crippen LogP contribution in [0.5, 0.6) is 0 Å². The average Bonchev–Trinajstić information content (AvgIpc) is 3.30. The molecule has 4 aliphatic rings. The van der Waals surface area contributed by atoms with Gasteiger partial charge in [0.25, 0.3) is 0 Å². The van der Waals surface area contributed by atoms with Crippen molar-refractivity contribution in [1.29, 1.82) is 0 Å². The second-order valence-corrected chi connectivity index (χ2v) is 18.2. The number of benzene rings is 2. The molecule has 4 fully saturated rings. The number of nitrogens with zero attached hydrogens (tertiary/aromatic N) is 7. The van der Waals surface area contributed by atoms with Crippen molar-refractivity contribution in [2.45, 2.75) is 64.5 Å². The van der Waals surface area contributed by atoms with Gasteiger partial charge < -0.3 is 26.5 Å². The third kappa shape index (κ3) is 12.6. The number of hydrogen-bond acceptors (Lipinski definition) is 11. The molecule has 8 rings (SSSR count). The Morgan fingerprint density at radius 1 is 0.556 bits per heavy atom. The highest BCUT2D eigenvalue weighted by atomic mass is 35.5. The van der Waals surface area contributed by atoms with Crippen molar-refractivity contribution in [1.82, 2.24) is 29.6 Å². The fourth-order valence-corrected chi connectivity index (χ4v) is 9.73. The predicted octanol–water partition coefficient (Wildman–Crippen LogP) is 7.30. The zero-order valence-electron chi connectivity index (χ0n) is 35.8. The van der Waals surface area contributed by atoms with Crippen LogP contribution in [0.2, 0.25) is 10.0 Å². The van der Waals surface area contributed by atoms with Crippen molar-refractivity contribution in [3.8, 4) is 0 Å². The molecule has 2 amide bonds. The van der Waals surface area contributed by atoms with Gasteiger partial charge in [-0.1, -0.05) is 40.5 Å². The van der Waals surface area contributed by atoms with E-state index in [0.717, 1.165) is 107 Å². The number of carbonyl (C=O) groups excluding carboxylic acids is 3. The van der Waals surface area contributed by atoms with Crippen molar-refractivity contribution in [2.24, 2.45) is 28.8 Å². The van der Waals surface area contributed by atoms with E-state index in [1.54, 1.807) is 48.8 Å². The van der Waals surface area contributed by atoms with Gasteiger partial charge in [0, 0.05) is 90.9 Å². The number of nitrogens with two attached hydrogens (primary N) is 2. The molecule has 6 heterocycles. The number of carbonyl (C=O) groups is 3. The summed E-state index contributed by atoms with van der Waals surface area (Å²) in [5.74, 6) is 2.07. The minimum atomic E-state index is -0.0140. The molecule has 334 valence electrons. The number of pyridine rings is 2. The van der Waals surface area contributed by atoms with Gasteiger partial charge in [0.15, 0.2) is 5.78 Å². The SMILES string of the molecule is Nc1cc(CN2CCC(C(=O)N3CCC(C(=NO)c4ccc(Cl)cc4)CC3)CC2)ccn1.Nc1cc(CN2CCC(C(=O)N3CCC(C(=O)c4ccc(Cl)cc4)CC3)CC2)ccn1. The zero-order valence-corrected chi connectivity index (χ0v) is 37.3. The zero-order chi connectivity index (χ0) is 44.3. The van der Waals surface area contributed by atoms with Gasteiger partial charge in [0.1, 0.15) is 11.6 Å². The van der Waals surface area contributed by atoms with Gasteiger partial charge in [0.05, 0.1) is 5.71 Å². The third-order valence-corrected chi connectivity index (χ3v) is 13.6. The maximum absolute atomic E-state index is 13.1. The Labute approximate surface area is 380 Å². The Balaban J connectivity index is 0.000000189. The van der Waals surface area contributed by atoms with Crippen molar-refractivity contribution in [3.63, 3.8) is 0 Å². The summed E-state index contributed by atoms with van der Waals surface area (Å²) in [6.45, 7) is 8.05. The molecule has 0 bridgehead atoms. The monoisotopic (exact) mass is 895 g/mol. The second kappa shape index (κ2) is 22.0. The van der Waals surface area contributed by atoms with Crippen molar-refractivity contribution >= 4 is 58.1 Å². The summed E-state index contributed by atoms with van der Waals surface area (Å²) >= 11 is 11.9. The Morgan fingerprint density at radius 2 is 0.937 bits per heavy atom. The molecule has 4 aromatic rings. The van der Waals surface area contributed by atoms with Crippen LogP contribution in [-0.2, 0) is 22.7 Å². The van der Waals surface area contributed by atoms with E-state index < -0.39 is 0 Å². The number of Topliss-reactive ketones (excluding diaryl/α,β-unsaturated/α-hetero) is 1. The largest absolute Gasteiger partial charge is 0.411 e. The number of oxime groups is 1. The van der Waals surface area contributed by atoms with Crippen LogP contribution in [-0.4, -0.2) is 110 Å². The van der Waals surface area contributed by atoms with Crippen LogP contribution in [0.1, 0.15) is 78.4 Å². The lowest BCUT2D eigenvalue weighted by molar-refractivity contribution is -0.139. The summed E-state index contributed by atoms with van der Waals surface area (Å²) < 4.78 is 0. The van der Waals surface area contributed by atoms with E-state index in [2.05, 4.69) is 24.9 Å². The van der Waals surface area contributed by atoms with Gasteiger partial charge in [-0.2, -0.15) is 0 Å². The first-order valence-electron chi connectivity index (χ1n) is 22.2. The van der Waals surface area contributed by atoms with Crippen molar-refractivity contribution in [2.75, 3.05) is 63.8 Å². The van der Waals surface area contributed by atoms with Crippen LogP contribution in [0, 0.1) is 23.7 Å². The van der Waals surface area contributed by atoms with E-state index in [1.165, 1.54) is 0 Å². The number of amides is 2. The molecule has 13 nitrogen and oxygen atoms in total. The molecule has 4 saturated heterocycles. The molecule has 4 aliphatic heterocycles. The van der Waals surface area contributed by atoms with Crippen LogP contribution in [0.4, 0.5) is 11.6 Å². The van der Waals surface area contributed by atoms with Gasteiger partial charge >= 0.3 is 0 Å². The Hall–Kier alpha value is -5.08. The highest BCUT2D eigenvalue weighted by molar-refractivity contribution is 6.31. The van der Waals surface area contributed by atoms with Crippen LogP contribution in [0.3, 0.4) is 0 Å². The molecule has 2 aromatic carbocycles. The maximum atomic E-state index is 13.1. The molecule has 15 heteroatoms. The third-order valence-electron chi connectivity index (χ3n) is 13.1.